The summed E-state index contributed by atoms with van der Waals surface area (Å²) < 4.78 is 16.4. The molecule has 0 atom stereocenters. The summed E-state index contributed by atoms with van der Waals surface area (Å²) in [6.45, 7) is 2.32. The minimum absolute atomic E-state index is 0.0184. The molecule has 148 valence electrons. The zero-order valence-electron chi connectivity index (χ0n) is 15.2. The van der Waals surface area contributed by atoms with Crippen molar-refractivity contribution in [2.75, 3.05) is 18.3 Å². The molecule has 0 unspecified atom stereocenters. The van der Waals surface area contributed by atoms with Crippen LogP contribution in [0, 0.1) is 0 Å². The molecule has 0 saturated carbocycles. The zero-order valence-corrected chi connectivity index (χ0v) is 16.8. The van der Waals surface area contributed by atoms with Crippen molar-refractivity contribution in [1.82, 2.24) is 5.32 Å². The van der Waals surface area contributed by atoms with Crippen LogP contribution < -0.4 is 24.4 Å². The topological polar surface area (TPSA) is 77.1 Å². The summed E-state index contributed by atoms with van der Waals surface area (Å²) in [5, 5.41) is 2.96. The van der Waals surface area contributed by atoms with Gasteiger partial charge in [0, 0.05) is 16.7 Å². The molecule has 2 aliphatic rings. The van der Waals surface area contributed by atoms with Crippen molar-refractivity contribution in [3.63, 3.8) is 0 Å². The van der Waals surface area contributed by atoms with Crippen LogP contribution in [0.25, 0.3) is 6.08 Å². The number of thiocarbonyl (C=S) groups is 1. The Morgan fingerprint density at radius 1 is 1.24 bits per heavy atom. The summed E-state index contributed by atoms with van der Waals surface area (Å²) in [7, 11) is 0. The number of nitrogens with zero attached hydrogens (tertiary/aromatic N) is 1. The first-order valence-corrected chi connectivity index (χ1v) is 9.50. The van der Waals surface area contributed by atoms with Gasteiger partial charge in [0.1, 0.15) is 11.3 Å². The van der Waals surface area contributed by atoms with Gasteiger partial charge >= 0.3 is 0 Å². The first-order valence-electron chi connectivity index (χ1n) is 8.71. The highest BCUT2D eigenvalue weighted by Gasteiger charge is 2.35. The third-order valence-electron chi connectivity index (χ3n) is 4.27. The van der Waals surface area contributed by atoms with Crippen LogP contribution in [0.3, 0.4) is 0 Å². The molecular weight excluding hydrogens is 416 g/mol. The predicted octanol–water partition coefficient (Wildman–Crippen LogP) is 3.30. The molecule has 1 N–H and O–H groups in total. The van der Waals surface area contributed by atoms with Crippen molar-refractivity contribution in [2.24, 2.45) is 0 Å². The molecule has 9 heteroatoms. The van der Waals surface area contributed by atoms with E-state index < -0.39 is 11.8 Å². The molecule has 2 aromatic rings. The Balaban J connectivity index is 1.77. The number of nitrogens with one attached hydrogen (secondary N) is 1. The molecule has 0 spiro atoms. The van der Waals surface area contributed by atoms with E-state index in [-0.39, 0.29) is 17.5 Å². The molecule has 29 heavy (non-hydrogen) atoms. The van der Waals surface area contributed by atoms with Crippen molar-refractivity contribution in [2.45, 2.75) is 6.92 Å². The third kappa shape index (κ3) is 3.64. The van der Waals surface area contributed by atoms with Gasteiger partial charge in [-0.15, -0.1) is 0 Å². The Bertz CT molecular complexity index is 1070. The van der Waals surface area contributed by atoms with E-state index in [1.165, 1.54) is 11.0 Å². The van der Waals surface area contributed by atoms with E-state index in [4.69, 9.17) is 38.0 Å². The monoisotopic (exact) mass is 430 g/mol. The minimum atomic E-state index is -0.599. The molecule has 2 amide bonds. The van der Waals surface area contributed by atoms with Gasteiger partial charge in [0.2, 0.25) is 6.79 Å². The van der Waals surface area contributed by atoms with E-state index in [1.807, 2.05) is 6.92 Å². The fourth-order valence-electron chi connectivity index (χ4n) is 3.00. The summed E-state index contributed by atoms with van der Waals surface area (Å²) in [6.07, 6.45) is 1.45. The van der Waals surface area contributed by atoms with Gasteiger partial charge in [0.15, 0.2) is 16.6 Å². The highest BCUT2D eigenvalue weighted by Crippen LogP contribution is 2.39. The van der Waals surface area contributed by atoms with Crippen LogP contribution in [0.1, 0.15) is 12.5 Å². The van der Waals surface area contributed by atoms with Crippen molar-refractivity contribution in [1.29, 1.82) is 0 Å². The van der Waals surface area contributed by atoms with Crippen LogP contribution in [0.5, 0.6) is 17.2 Å². The van der Waals surface area contributed by atoms with Crippen LogP contribution in [0.15, 0.2) is 42.0 Å². The van der Waals surface area contributed by atoms with Gasteiger partial charge < -0.3 is 14.2 Å². The second-order valence-electron chi connectivity index (χ2n) is 6.11. The number of halogens is 1. The van der Waals surface area contributed by atoms with Crippen molar-refractivity contribution >= 4 is 52.5 Å². The number of benzene rings is 2. The van der Waals surface area contributed by atoms with Crippen molar-refractivity contribution in [3.05, 3.63) is 52.6 Å². The van der Waals surface area contributed by atoms with E-state index in [2.05, 4.69) is 5.32 Å². The number of carbonyl (C=O) groups is 2. The molecule has 0 radical (unpaired) electrons. The summed E-state index contributed by atoms with van der Waals surface area (Å²) in [5.74, 6) is 0.342. The van der Waals surface area contributed by atoms with E-state index in [9.17, 15) is 9.59 Å². The molecule has 0 aliphatic carbocycles. The van der Waals surface area contributed by atoms with Crippen LogP contribution in [0.2, 0.25) is 5.02 Å². The Hall–Kier alpha value is -3.10. The molecule has 4 rings (SSSR count). The van der Waals surface area contributed by atoms with E-state index >= 15 is 0 Å². The molecule has 2 aromatic carbocycles. The second-order valence-corrected chi connectivity index (χ2v) is 6.94. The minimum Gasteiger partial charge on any atom is -0.493 e. The number of hydrogen-bond donors (Lipinski definition) is 1. The number of fused-ring (bicyclic) bond motifs is 1. The number of carbonyl (C=O) groups excluding carboxylic acids is 2. The maximum atomic E-state index is 13.1. The van der Waals surface area contributed by atoms with E-state index in [0.29, 0.717) is 40.1 Å². The lowest BCUT2D eigenvalue weighted by atomic mass is 10.1. The van der Waals surface area contributed by atoms with Gasteiger partial charge in [-0.25, -0.2) is 0 Å². The van der Waals surface area contributed by atoms with E-state index in [0.717, 1.165) is 0 Å². The summed E-state index contributed by atoms with van der Waals surface area (Å²) >= 11 is 11.2. The van der Waals surface area contributed by atoms with Gasteiger partial charge in [-0.1, -0.05) is 17.7 Å². The number of rotatable bonds is 4. The largest absolute Gasteiger partial charge is 0.493 e. The summed E-state index contributed by atoms with van der Waals surface area (Å²) in [5.41, 5.74) is 0.862. The Morgan fingerprint density at radius 3 is 2.72 bits per heavy atom. The maximum Gasteiger partial charge on any atom is 0.270 e. The quantitative estimate of drug-likeness (QED) is 0.455. The Kier molecular flexibility index (Phi) is 5.12. The maximum absolute atomic E-state index is 13.1. The van der Waals surface area contributed by atoms with Crippen molar-refractivity contribution in [3.8, 4) is 17.2 Å². The lowest BCUT2D eigenvalue weighted by molar-refractivity contribution is -0.122. The number of ether oxygens (including phenoxy) is 3. The average molecular weight is 431 g/mol. The van der Waals surface area contributed by atoms with Gasteiger partial charge in [0.05, 0.1) is 12.3 Å². The molecule has 2 heterocycles. The van der Waals surface area contributed by atoms with Crippen LogP contribution in [0.4, 0.5) is 5.69 Å². The molecule has 0 bridgehead atoms. The summed E-state index contributed by atoms with van der Waals surface area (Å²) in [6, 6.07) is 9.97. The van der Waals surface area contributed by atoms with Gasteiger partial charge in [-0.2, -0.15) is 0 Å². The Morgan fingerprint density at radius 2 is 2.00 bits per heavy atom. The fraction of sp³-hybridized carbons (Fsp3) is 0.150. The first kappa shape index (κ1) is 19.2. The van der Waals surface area contributed by atoms with Gasteiger partial charge in [-0.3, -0.25) is 19.8 Å². The van der Waals surface area contributed by atoms with Gasteiger partial charge in [0.25, 0.3) is 11.8 Å². The molecule has 1 saturated heterocycles. The SMILES string of the molecule is CCOc1cc2c(cc1/C=C1/C(=O)NC(=S)N(c3cccc(Cl)c3)C1=O)OCO2. The smallest absolute Gasteiger partial charge is 0.270 e. The Labute approximate surface area is 176 Å². The molecule has 0 aromatic heterocycles. The fourth-order valence-corrected chi connectivity index (χ4v) is 3.46. The molecule has 1 fully saturated rings. The number of amides is 2. The predicted molar refractivity (Wildman–Crippen MR) is 111 cm³/mol. The second kappa shape index (κ2) is 7.73. The van der Waals surface area contributed by atoms with Crippen LogP contribution in [-0.2, 0) is 9.59 Å². The summed E-state index contributed by atoms with van der Waals surface area (Å²) in [4.78, 5) is 26.9. The highest BCUT2D eigenvalue weighted by molar-refractivity contribution is 7.80. The first-order chi connectivity index (χ1) is 14.0. The van der Waals surface area contributed by atoms with Crippen molar-refractivity contribution < 1.29 is 23.8 Å². The standard InChI is InChI=1S/C20H15ClN2O5S/c1-2-26-15-9-17-16(27-10-28-17)7-11(15)6-14-18(24)22-20(29)23(19(14)25)13-5-3-4-12(21)8-13/h3-9H,2,10H2,1H3,(H,22,24,29)/b14-6-. The number of anilines is 1. The average Bonchev–Trinajstić information content (AvgIpc) is 3.12. The lowest BCUT2D eigenvalue weighted by Gasteiger charge is -2.29. The van der Waals surface area contributed by atoms with E-state index in [1.54, 1.807) is 36.4 Å². The lowest BCUT2D eigenvalue weighted by Crippen LogP contribution is -2.54. The molecule has 7 nitrogen and oxygen atoms in total. The number of hydrogen-bond acceptors (Lipinski definition) is 6. The van der Waals surface area contributed by atoms with Crippen LogP contribution >= 0.6 is 23.8 Å². The van der Waals surface area contributed by atoms with Gasteiger partial charge in [-0.05, 0) is 49.5 Å². The molecule has 2 aliphatic heterocycles. The third-order valence-corrected chi connectivity index (χ3v) is 4.79. The highest BCUT2D eigenvalue weighted by atomic mass is 35.5. The normalized spacial score (nSPS) is 17.0. The molecular formula is C20H15ClN2O5S. The van der Waals surface area contributed by atoms with Crippen LogP contribution in [-0.4, -0.2) is 30.3 Å². The zero-order chi connectivity index (χ0) is 20.5.